The van der Waals surface area contributed by atoms with Gasteiger partial charge in [0, 0.05) is 19.6 Å². The van der Waals surface area contributed by atoms with Crippen molar-refractivity contribution in [2.24, 2.45) is 5.92 Å². The lowest BCUT2D eigenvalue weighted by atomic mass is 9.95. The van der Waals surface area contributed by atoms with Gasteiger partial charge in [-0.25, -0.2) is 0 Å². The second-order valence-electron chi connectivity index (χ2n) is 5.45. The number of benzene rings is 1. The summed E-state index contributed by atoms with van der Waals surface area (Å²) in [5, 5.41) is 0. The smallest absolute Gasteiger partial charge is 0.416 e. The van der Waals surface area contributed by atoms with E-state index in [1.165, 1.54) is 12.1 Å². The Morgan fingerprint density at radius 2 is 1.82 bits per heavy atom. The molecule has 0 radical (unpaired) electrons. The number of rotatable bonds is 5. The van der Waals surface area contributed by atoms with Crippen LogP contribution in [0.1, 0.15) is 36.8 Å². The van der Waals surface area contributed by atoms with Crippen LogP contribution >= 0.6 is 0 Å². The minimum atomic E-state index is -4.35. The first-order chi connectivity index (χ1) is 10.4. The SMILES string of the molecule is O=C(CCC1CCOCC1)OCc1ccc(C(F)(F)F)cc1. The van der Waals surface area contributed by atoms with Gasteiger partial charge < -0.3 is 9.47 Å². The minimum Gasteiger partial charge on any atom is -0.461 e. The molecule has 122 valence electrons. The van der Waals surface area contributed by atoms with Gasteiger partial charge in [0.25, 0.3) is 0 Å². The second-order valence-corrected chi connectivity index (χ2v) is 5.45. The van der Waals surface area contributed by atoms with Gasteiger partial charge in [0.2, 0.25) is 0 Å². The van der Waals surface area contributed by atoms with Crippen molar-refractivity contribution < 1.29 is 27.4 Å². The third-order valence-corrected chi connectivity index (χ3v) is 3.78. The van der Waals surface area contributed by atoms with E-state index in [1.54, 1.807) is 0 Å². The number of carbonyl (C=O) groups excluding carboxylic acids is 1. The van der Waals surface area contributed by atoms with Gasteiger partial charge >= 0.3 is 12.1 Å². The number of halogens is 3. The number of alkyl halides is 3. The van der Waals surface area contributed by atoms with E-state index in [2.05, 4.69) is 0 Å². The molecule has 0 amide bonds. The lowest BCUT2D eigenvalue weighted by Gasteiger charge is -2.21. The summed E-state index contributed by atoms with van der Waals surface area (Å²) in [5.74, 6) is 0.179. The number of esters is 1. The lowest BCUT2D eigenvalue weighted by Crippen LogP contribution is -2.17. The molecule has 22 heavy (non-hydrogen) atoms. The van der Waals surface area contributed by atoms with E-state index in [1.807, 2.05) is 0 Å². The van der Waals surface area contributed by atoms with E-state index >= 15 is 0 Å². The lowest BCUT2D eigenvalue weighted by molar-refractivity contribution is -0.145. The number of hydrogen-bond donors (Lipinski definition) is 0. The van der Waals surface area contributed by atoms with Crippen LogP contribution in [0.2, 0.25) is 0 Å². The molecule has 3 nitrogen and oxygen atoms in total. The Kier molecular flexibility index (Phi) is 5.83. The zero-order valence-corrected chi connectivity index (χ0v) is 12.2. The Hall–Kier alpha value is -1.56. The van der Waals surface area contributed by atoms with E-state index in [9.17, 15) is 18.0 Å². The number of hydrogen-bond acceptors (Lipinski definition) is 3. The van der Waals surface area contributed by atoms with Gasteiger partial charge in [-0.05, 0) is 42.9 Å². The molecule has 1 saturated heterocycles. The summed E-state index contributed by atoms with van der Waals surface area (Å²) in [5.41, 5.74) is -0.158. The maximum Gasteiger partial charge on any atom is 0.416 e. The van der Waals surface area contributed by atoms with E-state index < -0.39 is 11.7 Å². The molecular formula is C16H19F3O3. The highest BCUT2D eigenvalue weighted by molar-refractivity contribution is 5.69. The Morgan fingerprint density at radius 1 is 1.18 bits per heavy atom. The van der Waals surface area contributed by atoms with Crippen LogP contribution in [0.3, 0.4) is 0 Å². The van der Waals surface area contributed by atoms with Gasteiger partial charge in [0.05, 0.1) is 5.56 Å². The molecule has 1 aliphatic heterocycles. The Bertz CT molecular complexity index is 476. The third kappa shape index (κ3) is 5.33. The Labute approximate surface area is 127 Å². The van der Waals surface area contributed by atoms with Crippen molar-refractivity contribution in [1.29, 1.82) is 0 Å². The van der Waals surface area contributed by atoms with Crippen LogP contribution in [0, 0.1) is 5.92 Å². The van der Waals surface area contributed by atoms with Crippen molar-refractivity contribution in [2.45, 2.75) is 38.5 Å². The van der Waals surface area contributed by atoms with Gasteiger partial charge in [-0.1, -0.05) is 12.1 Å². The van der Waals surface area contributed by atoms with Gasteiger partial charge in [0.1, 0.15) is 6.61 Å². The number of ether oxygens (including phenoxy) is 2. The molecule has 0 unspecified atom stereocenters. The van der Waals surface area contributed by atoms with Crippen LogP contribution in [-0.4, -0.2) is 19.2 Å². The average Bonchev–Trinajstić information content (AvgIpc) is 2.51. The first-order valence-corrected chi connectivity index (χ1v) is 7.34. The van der Waals surface area contributed by atoms with Crippen LogP contribution in [0.4, 0.5) is 13.2 Å². The number of carbonyl (C=O) groups is 1. The predicted molar refractivity (Wildman–Crippen MR) is 74.0 cm³/mol. The molecule has 0 spiro atoms. The third-order valence-electron chi connectivity index (χ3n) is 3.78. The summed E-state index contributed by atoms with van der Waals surface area (Å²) >= 11 is 0. The summed E-state index contributed by atoms with van der Waals surface area (Å²) < 4.78 is 47.6. The van der Waals surface area contributed by atoms with E-state index in [0.29, 0.717) is 17.9 Å². The standard InChI is InChI=1S/C16H19F3O3/c17-16(18,19)14-4-1-13(2-5-14)11-22-15(20)6-3-12-7-9-21-10-8-12/h1-2,4-5,12H,3,6-11H2. The molecule has 0 bridgehead atoms. The minimum absolute atomic E-state index is 0.00471. The van der Waals surface area contributed by atoms with Crippen molar-refractivity contribution in [3.63, 3.8) is 0 Å². The molecule has 1 aromatic rings. The van der Waals surface area contributed by atoms with Gasteiger partial charge in [-0.15, -0.1) is 0 Å². The molecule has 1 fully saturated rings. The quantitative estimate of drug-likeness (QED) is 0.772. The van der Waals surface area contributed by atoms with Crippen molar-refractivity contribution >= 4 is 5.97 Å². The second kappa shape index (κ2) is 7.63. The molecule has 1 aliphatic rings. The molecule has 6 heteroatoms. The monoisotopic (exact) mass is 316 g/mol. The maximum atomic E-state index is 12.4. The highest BCUT2D eigenvalue weighted by atomic mass is 19.4. The van der Waals surface area contributed by atoms with Crippen LogP contribution in [0.25, 0.3) is 0 Å². The fourth-order valence-electron chi connectivity index (χ4n) is 2.38. The topological polar surface area (TPSA) is 35.5 Å². The zero-order chi connectivity index (χ0) is 16.0. The molecule has 2 rings (SSSR count). The summed E-state index contributed by atoms with van der Waals surface area (Å²) in [7, 11) is 0. The molecule has 0 atom stereocenters. The maximum absolute atomic E-state index is 12.4. The largest absolute Gasteiger partial charge is 0.461 e. The highest BCUT2D eigenvalue weighted by Gasteiger charge is 2.29. The van der Waals surface area contributed by atoms with E-state index in [0.717, 1.165) is 44.6 Å². The molecule has 1 heterocycles. The molecule has 0 aromatic heterocycles. The zero-order valence-electron chi connectivity index (χ0n) is 12.2. The van der Waals surface area contributed by atoms with Gasteiger partial charge in [0.15, 0.2) is 0 Å². The molecule has 0 N–H and O–H groups in total. The first-order valence-electron chi connectivity index (χ1n) is 7.34. The van der Waals surface area contributed by atoms with Crippen molar-refractivity contribution in [3.8, 4) is 0 Å². The Balaban J connectivity index is 1.71. The molecule has 0 aliphatic carbocycles. The highest BCUT2D eigenvalue weighted by Crippen LogP contribution is 2.29. The van der Waals surface area contributed by atoms with E-state index in [4.69, 9.17) is 9.47 Å². The molecular weight excluding hydrogens is 297 g/mol. The summed E-state index contributed by atoms with van der Waals surface area (Å²) in [6, 6.07) is 4.64. The fraction of sp³-hybridized carbons (Fsp3) is 0.562. The average molecular weight is 316 g/mol. The summed E-state index contributed by atoms with van der Waals surface area (Å²) in [6.07, 6.45) is -1.31. The first kappa shape index (κ1) is 16.8. The predicted octanol–water partition coefficient (Wildman–Crippen LogP) is 3.96. The Morgan fingerprint density at radius 3 is 2.41 bits per heavy atom. The van der Waals surface area contributed by atoms with Crippen molar-refractivity contribution in [2.75, 3.05) is 13.2 Å². The molecule has 1 aromatic carbocycles. The van der Waals surface area contributed by atoms with Crippen LogP contribution < -0.4 is 0 Å². The normalized spacial score (nSPS) is 16.5. The van der Waals surface area contributed by atoms with Gasteiger partial charge in [-0.3, -0.25) is 4.79 Å². The van der Waals surface area contributed by atoms with Crippen LogP contribution in [0.5, 0.6) is 0 Å². The fourth-order valence-corrected chi connectivity index (χ4v) is 2.38. The molecule has 0 saturated carbocycles. The summed E-state index contributed by atoms with van der Waals surface area (Å²) in [6.45, 7) is 1.49. The van der Waals surface area contributed by atoms with Crippen LogP contribution in [0.15, 0.2) is 24.3 Å². The van der Waals surface area contributed by atoms with E-state index in [-0.39, 0.29) is 12.6 Å². The van der Waals surface area contributed by atoms with Crippen molar-refractivity contribution in [3.05, 3.63) is 35.4 Å². The van der Waals surface area contributed by atoms with Gasteiger partial charge in [-0.2, -0.15) is 13.2 Å². The summed E-state index contributed by atoms with van der Waals surface area (Å²) in [4.78, 5) is 11.7. The van der Waals surface area contributed by atoms with Crippen LogP contribution in [-0.2, 0) is 27.1 Å². The van der Waals surface area contributed by atoms with Crippen molar-refractivity contribution in [1.82, 2.24) is 0 Å².